The smallest absolute Gasteiger partial charge is 0.308 e. The highest BCUT2D eigenvalue weighted by molar-refractivity contribution is 5.75. The maximum atomic E-state index is 11.6. The molecule has 29 heavy (non-hydrogen) atoms. The van der Waals surface area contributed by atoms with Gasteiger partial charge >= 0.3 is 11.9 Å². The zero-order chi connectivity index (χ0) is 21.6. The first-order valence-electron chi connectivity index (χ1n) is 10.5. The van der Waals surface area contributed by atoms with Crippen LogP contribution in [-0.2, 0) is 27.2 Å². The molecule has 0 fully saturated rings. The van der Waals surface area contributed by atoms with Crippen LogP contribution in [0, 0.1) is 0 Å². The predicted octanol–water partition coefficient (Wildman–Crippen LogP) is 3.92. The van der Waals surface area contributed by atoms with Gasteiger partial charge in [-0.25, -0.2) is 0 Å². The Balaban J connectivity index is 2.19. The minimum absolute atomic E-state index is 0.136. The molecular formula is C23H35NO5. The monoisotopic (exact) mass is 405 g/mol. The Bertz CT molecular complexity index is 723. The van der Waals surface area contributed by atoms with Crippen LogP contribution in [0.25, 0.3) is 0 Å². The molecule has 1 aliphatic rings. The fourth-order valence-corrected chi connectivity index (χ4v) is 3.82. The van der Waals surface area contributed by atoms with Crippen molar-refractivity contribution in [3.63, 3.8) is 0 Å². The SMILES string of the molecule is CCCN(CCOC(C)(C)C)[C@H]1CCc2c(ccc(OC(C)=O)c2OC(C)=O)C1. The lowest BCUT2D eigenvalue weighted by Crippen LogP contribution is -2.42. The predicted molar refractivity (Wildman–Crippen MR) is 112 cm³/mol. The first-order valence-corrected chi connectivity index (χ1v) is 10.5. The van der Waals surface area contributed by atoms with Gasteiger partial charge in [0, 0.05) is 32.0 Å². The van der Waals surface area contributed by atoms with E-state index >= 15 is 0 Å². The second-order valence-electron chi connectivity index (χ2n) is 8.61. The van der Waals surface area contributed by atoms with Gasteiger partial charge in [-0.1, -0.05) is 13.0 Å². The summed E-state index contributed by atoms with van der Waals surface area (Å²) in [5.41, 5.74) is 1.98. The molecule has 0 saturated carbocycles. The van der Waals surface area contributed by atoms with Crippen LogP contribution in [0.1, 0.15) is 65.5 Å². The molecule has 0 unspecified atom stereocenters. The molecule has 1 aromatic carbocycles. The molecule has 0 amide bonds. The van der Waals surface area contributed by atoms with Crippen LogP contribution in [0.4, 0.5) is 0 Å². The Morgan fingerprint density at radius 1 is 1.10 bits per heavy atom. The number of carbonyl (C=O) groups is 2. The summed E-state index contributed by atoms with van der Waals surface area (Å²) in [6.07, 6.45) is 3.70. The molecule has 1 atom stereocenters. The molecule has 162 valence electrons. The number of ether oxygens (including phenoxy) is 3. The van der Waals surface area contributed by atoms with Crippen molar-refractivity contribution in [2.45, 2.75) is 78.9 Å². The fraction of sp³-hybridized carbons (Fsp3) is 0.652. The van der Waals surface area contributed by atoms with Crippen LogP contribution >= 0.6 is 0 Å². The van der Waals surface area contributed by atoms with E-state index in [1.807, 2.05) is 6.07 Å². The van der Waals surface area contributed by atoms with Gasteiger partial charge in [0.25, 0.3) is 0 Å². The van der Waals surface area contributed by atoms with Gasteiger partial charge in [0.05, 0.1) is 12.2 Å². The topological polar surface area (TPSA) is 65.1 Å². The zero-order valence-electron chi connectivity index (χ0n) is 18.7. The summed E-state index contributed by atoms with van der Waals surface area (Å²) >= 11 is 0. The van der Waals surface area contributed by atoms with E-state index in [0.29, 0.717) is 24.1 Å². The minimum atomic E-state index is -0.431. The molecule has 1 aromatic rings. The third-order valence-corrected chi connectivity index (χ3v) is 4.94. The summed E-state index contributed by atoms with van der Waals surface area (Å²) in [5.74, 6) is -0.142. The van der Waals surface area contributed by atoms with Crippen LogP contribution < -0.4 is 9.47 Å². The van der Waals surface area contributed by atoms with E-state index in [1.54, 1.807) is 6.07 Å². The minimum Gasteiger partial charge on any atom is -0.423 e. The molecule has 6 heteroatoms. The molecule has 2 rings (SSSR count). The lowest BCUT2D eigenvalue weighted by atomic mass is 9.86. The summed E-state index contributed by atoms with van der Waals surface area (Å²) < 4.78 is 16.6. The van der Waals surface area contributed by atoms with Gasteiger partial charge in [-0.3, -0.25) is 14.5 Å². The van der Waals surface area contributed by atoms with Crippen molar-refractivity contribution in [1.82, 2.24) is 4.90 Å². The number of carbonyl (C=O) groups excluding carboxylic acids is 2. The van der Waals surface area contributed by atoms with E-state index in [0.717, 1.165) is 49.9 Å². The molecule has 0 heterocycles. The lowest BCUT2D eigenvalue weighted by Gasteiger charge is -2.36. The van der Waals surface area contributed by atoms with E-state index in [-0.39, 0.29) is 5.60 Å². The van der Waals surface area contributed by atoms with Gasteiger partial charge in [0.15, 0.2) is 11.5 Å². The van der Waals surface area contributed by atoms with E-state index in [4.69, 9.17) is 14.2 Å². The molecule has 0 radical (unpaired) electrons. The quantitative estimate of drug-likeness (QED) is 0.482. The Morgan fingerprint density at radius 2 is 1.79 bits per heavy atom. The largest absolute Gasteiger partial charge is 0.423 e. The number of esters is 2. The van der Waals surface area contributed by atoms with E-state index in [9.17, 15) is 9.59 Å². The maximum Gasteiger partial charge on any atom is 0.308 e. The maximum absolute atomic E-state index is 11.6. The van der Waals surface area contributed by atoms with Crippen molar-refractivity contribution in [2.24, 2.45) is 0 Å². The van der Waals surface area contributed by atoms with Gasteiger partial charge in [-0.15, -0.1) is 0 Å². The number of nitrogens with zero attached hydrogens (tertiary/aromatic N) is 1. The Kier molecular flexibility index (Phi) is 8.23. The van der Waals surface area contributed by atoms with Crippen LogP contribution in [0.5, 0.6) is 11.5 Å². The molecular weight excluding hydrogens is 370 g/mol. The van der Waals surface area contributed by atoms with Crippen molar-refractivity contribution >= 4 is 11.9 Å². The molecule has 0 saturated heterocycles. The second-order valence-corrected chi connectivity index (χ2v) is 8.61. The molecule has 0 N–H and O–H groups in total. The average molecular weight is 406 g/mol. The van der Waals surface area contributed by atoms with Crippen LogP contribution in [-0.4, -0.2) is 48.2 Å². The highest BCUT2D eigenvalue weighted by Crippen LogP contribution is 2.39. The Hall–Kier alpha value is -1.92. The first kappa shape index (κ1) is 23.4. The first-order chi connectivity index (χ1) is 13.6. The molecule has 0 aliphatic heterocycles. The Morgan fingerprint density at radius 3 is 2.38 bits per heavy atom. The summed E-state index contributed by atoms with van der Waals surface area (Å²) in [7, 11) is 0. The van der Waals surface area contributed by atoms with Crippen LogP contribution in [0.15, 0.2) is 12.1 Å². The van der Waals surface area contributed by atoms with Crippen LogP contribution in [0.3, 0.4) is 0 Å². The highest BCUT2D eigenvalue weighted by atomic mass is 16.6. The molecule has 0 bridgehead atoms. The highest BCUT2D eigenvalue weighted by Gasteiger charge is 2.28. The van der Waals surface area contributed by atoms with Crippen molar-refractivity contribution in [3.8, 4) is 11.5 Å². The number of rotatable bonds is 8. The van der Waals surface area contributed by atoms with Crippen molar-refractivity contribution in [1.29, 1.82) is 0 Å². The third kappa shape index (κ3) is 7.12. The van der Waals surface area contributed by atoms with Crippen molar-refractivity contribution in [2.75, 3.05) is 19.7 Å². The third-order valence-electron chi connectivity index (χ3n) is 4.94. The number of fused-ring (bicyclic) bond motifs is 1. The summed E-state index contributed by atoms with van der Waals surface area (Å²) in [6, 6.07) is 4.13. The van der Waals surface area contributed by atoms with Gasteiger partial charge < -0.3 is 14.2 Å². The zero-order valence-corrected chi connectivity index (χ0v) is 18.7. The van der Waals surface area contributed by atoms with Gasteiger partial charge in [0.1, 0.15) is 0 Å². The number of hydrogen-bond donors (Lipinski definition) is 0. The van der Waals surface area contributed by atoms with Gasteiger partial charge in [0.2, 0.25) is 0 Å². The lowest BCUT2D eigenvalue weighted by molar-refractivity contribution is -0.134. The average Bonchev–Trinajstić information content (AvgIpc) is 2.61. The van der Waals surface area contributed by atoms with E-state index < -0.39 is 11.9 Å². The van der Waals surface area contributed by atoms with Crippen LogP contribution in [0.2, 0.25) is 0 Å². The molecule has 6 nitrogen and oxygen atoms in total. The number of hydrogen-bond acceptors (Lipinski definition) is 6. The van der Waals surface area contributed by atoms with E-state index in [1.165, 1.54) is 13.8 Å². The molecule has 0 aromatic heterocycles. The normalized spacial score (nSPS) is 16.4. The number of benzene rings is 1. The van der Waals surface area contributed by atoms with Gasteiger partial charge in [-0.05, 0) is 64.6 Å². The standard InChI is InChI=1S/C23H35NO5/c1-7-12-24(13-14-27-23(4,5)6)19-9-10-20-18(15-19)8-11-21(28-16(2)25)22(20)29-17(3)26/h8,11,19H,7,9-10,12-15H2,1-6H3/t19-/m0/s1. The fourth-order valence-electron chi connectivity index (χ4n) is 3.82. The summed E-state index contributed by atoms with van der Waals surface area (Å²) in [4.78, 5) is 25.5. The summed E-state index contributed by atoms with van der Waals surface area (Å²) in [5, 5.41) is 0. The molecule has 0 spiro atoms. The Labute approximate surface area is 174 Å². The van der Waals surface area contributed by atoms with Crippen molar-refractivity contribution in [3.05, 3.63) is 23.3 Å². The van der Waals surface area contributed by atoms with E-state index in [2.05, 4.69) is 32.6 Å². The van der Waals surface area contributed by atoms with Gasteiger partial charge in [-0.2, -0.15) is 0 Å². The molecule has 1 aliphatic carbocycles. The summed E-state index contributed by atoms with van der Waals surface area (Å²) in [6.45, 7) is 13.7. The van der Waals surface area contributed by atoms with Crippen molar-refractivity contribution < 1.29 is 23.8 Å². The second kappa shape index (κ2) is 10.2.